The lowest BCUT2D eigenvalue weighted by Crippen LogP contribution is -2.41. The van der Waals surface area contributed by atoms with Gasteiger partial charge < -0.3 is 5.32 Å². The Morgan fingerprint density at radius 2 is 1.92 bits per heavy atom. The molecule has 0 radical (unpaired) electrons. The van der Waals surface area contributed by atoms with Crippen LogP contribution in [-0.4, -0.2) is 39.0 Å². The summed E-state index contributed by atoms with van der Waals surface area (Å²) in [4.78, 5) is 16.0. The first-order chi connectivity index (χ1) is 11.9. The quantitative estimate of drug-likeness (QED) is 0.801. The minimum Gasteiger partial charge on any atom is -0.365 e. The van der Waals surface area contributed by atoms with Gasteiger partial charge in [0, 0.05) is 25.3 Å². The van der Waals surface area contributed by atoms with Gasteiger partial charge in [0.1, 0.15) is 5.82 Å². The molecule has 0 spiro atoms. The van der Waals surface area contributed by atoms with E-state index in [9.17, 15) is 0 Å². The molecule has 1 atom stereocenters. The first-order valence-electron chi connectivity index (χ1n) is 8.47. The molecule has 4 rings (SSSR count). The molecule has 0 bridgehead atoms. The second-order valence-corrected chi connectivity index (χ2v) is 6.28. The van der Waals surface area contributed by atoms with E-state index in [2.05, 4.69) is 31.2 Å². The van der Waals surface area contributed by atoms with Crippen molar-refractivity contribution in [2.75, 3.05) is 18.4 Å². The van der Waals surface area contributed by atoms with E-state index in [1.54, 1.807) is 0 Å². The van der Waals surface area contributed by atoms with Gasteiger partial charge in [0.05, 0.1) is 22.9 Å². The van der Waals surface area contributed by atoms with Crippen molar-refractivity contribution in [1.29, 1.82) is 0 Å². The lowest BCUT2D eigenvalue weighted by atomic mass is 10.1. The molecule has 5 nitrogen and oxygen atoms in total. The van der Waals surface area contributed by atoms with E-state index in [1.165, 1.54) is 6.42 Å². The smallest absolute Gasteiger partial charge is 0.145 e. The fourth-order valence-corrected chi connectivity index (χ4v) is 3.27. The highest BCUT2D eigenvalue weighted by molar-refractivity contribution is 5.75. The molecule has 0 aliphatic carbocycles. The van der Waals surface area contributed by atoms with Gasteiger partial charge in [-0.15, -0.1) is 0 Å². The summed E-state index contributed by atoms with van der Waals surface area (Å²) in [6.07, 6.45) is 6.04. The van der Waals surface area contributed by atoms with Crippen molar-refractivity contribution in [3.63, 3.8) is 0 Å². The van der Waals surface area contributed by atoms with Crippen LogP contribution in [-0.2, 0) is 6.54 Å². The van der Waals surface area contributed by atoms with Crippen LogP contribution in [0.3, 0.4) is 0 Å². The second-order valence-electron chi connectivity index (χ2n) is 6.28. The summed E-state index contributed by atoms with van der Waals surface area (Å²) in [6.45, 7) is 3.03. The molecule has 122 valence electrons. The Balaban J connectivity index is 1.42. The molecule has 2 aromatic heterocycles. The van der Waals surface area contributed by atoms with Crippen LogP contribution in [0.4, 0.5) is 5.82 Å². The number of hydrogen-bond acceptors (Lipinski definition) is 5. The summed E-state index contributed by atoms with van der Waals surface area (Å²) in [5.74, 6) is 0.860. The van der Waals surface area contributed by atoms with Gasteiger partial charge >= 0.3 is 0 Å². The van der Waals surface area contributed by atoms with E-state index in [1.807, 2.05) is 48.8 Å². The van der Waals surface area contributed by atoms with Crippen molar-refractivity contribution in [2.24, 2.45) is 0 Å². The Bertz CT molecular complexity index is 805. The predicted molar refractivity (Wildman–Crippen MR) is 95.7 cm³/mol. The molecule has 24 heavy (non-hydrogen) atoms. The van der Waals surface area contributed by atoms with Crippen LogP contribution in [0.5, 0.6) is 0 Å². The van der Waals surface area contributed by atoms with Gasteiger partial charge in [-0.1, -0.05) is 18.2 Å². The normalized spacial score (nSPS) is 18.6. The number of rotatable bonds is 4. The van der Waals surface area contributed by atoms with Gasteiger partial charge in [0.15, 0.2) is 0 Å². The molecule has 0 amide bonds. The van der Waals surface area contributed by atoms with Crippen LogP contribution >= 0.6 is 0 Å². The van der Waals surface area contributed by atoms with Crippen LogP contribution in [0, 0.1) is 0 Å². The molecular formula is C19H21N5. The van der Waals surface area contributed by atoms with Crippen LogP contribution in [0.2, 0.25) is 0 Å². The summed E-state index contributed by atoms with van der Waals surface area (Å²) >= 11 is 0. The van der Waals surface area contributed by atoms with Gasteiger partial charge in [-0.05, 0) is 43.7 Å². The number of pyridine rings is 1. The Hall–Kier alpha value is -2.53. The first-order valence-corrected chi connectivity index (χ1v) is 8.47. The monoisotopic (exact) mass is 319 g/mol. The summed E-state index contributed by atoms with van der Waals surface area (Å²) in [5.41, 5.74) is 3.00. The third-order valence-corrected chi connectivity index (χ3v) is 4.42. The highest BCUT2D eigenvalue weighted by Gasteiger charge is 2.20. The SMILES string of the molecule is c1ccc(CN2CCCC(Nc3cnc4ccccc4n3)C2)nc1. The molecule has 1 fully saturated rings. The Morgan fingerprint density at radius 1 is 1.04 bits per heavy atom. The zero-order valence-corrected chi connectivity index (χ0v) is 13.6. The maximum absolute atomic E-state index is 4.67. The van der Waals surface area contributed by atoms with Crippen molar-refractivity contribution in [2.45, 2.75) is 25.4 Å². The topological polar surface area (TPSA) is 53.9 Å². The van der Waals surface area contributed by atoms with E-state index < -0.39 is 0 Å². The largest absolute Gasteiger partial charge is 0.365 e. The molecule has 5 heteroatoms. The third kappa shape index (κ3) is 3.51. The highest BCUT2D eigenvalue weighted by Crippen LogP contribution is 2.17. The average molecular weight is 319 g/mol. The zero-order valence-electron chi connectivity index (χ0n) is 13.6. The lowest BCUT2D eigenvalue weighted by Gasteiger charge is -2.33. The van der Waals surface area contributed by atoms with Crippen molar-refractivity contribution < 1.29 is 0 Å². The Kier molecular flexibility index (Phi) is 4.34. The standard InChI is InChI=1S/C19H21N5/c1-2-9-18-17(8-1)21-12-19(23-18)22-16-7-5-11-24(14-16)13-15-6-3-4-10-20-15/h1-4,6,8-10,12,16H,5,7,11,13-14H2,(H,22,23). The van der Waals surface area contributed by atoms with Crippen molar-refractivity contribution in [3.8, 4) is 0 Å². The second kappa shape index (κ2) is 6.93. The number of hydrogen-bond donors (Lipinski definition) is 1. The van der Waals surface area contributed by atoms with E-state index in [4.69, 9.17) is 0 Å². The minimum atomic E-state index is 0.401. The van der Waals surface area contributed by atoms with Crippen LogP contribution in [0.15, 0.2) is 54.9 Å². The van der Waals surface area contributed by atoms with Crippen molar-refractivity contribution in [3.05, 3.63) is 60.6 Å². The van der Waals surface area contributed by atoms with Gasteiger partial charge in [0.25, 0.3) is 0 Å². The van der Waals surface area contributed by atoms with Crippen LogP contribution in [0.25, 0.3) is 11.0 Å². The molecule has 1 saturated heterocycles. The van der Waals surface area contributed by atoms with E-state index >= 15 is 0 Å². The third-order valence-electron chi connectivity index (χ3n) is 4.42. The first kappa shape index (κ1) is 15.0. The van der Waals surface area contributed by atoms with E-state index in [0.717, 1.165) is 48.6 Å². The van der Waals surface area contributed by atoms with Gasteiger partial charge in [0.2, 0.25) is 0 Å². The van der Waals surface area contributed by atoms with E-state index in [0.29, 0.717) is 6.04 Å². The number of aromatic nitrogens is 3. The summed E-state index contributed by atoms with van der Waals surface area (Å²) < 4.78 is 0. The maximum Gasteiger partial charge on any atom is 0.145 e. The number of fused-ring (bicyclic) bond motifs is 1. The zero-order chi connectivity index (χ0) is 16.2. The van der Waals surface area contributed by atoms with Crippen molar-refractivity contribution >= 4 is 16.9 Å². The highest BCUT2D eigenvalue weighted by atomic mass is 15.2. The molecule has 0 saturated carbocycles. The molecule has 1 aromatic carbocycles. The van der Waals surface area contributed by atoms with Gasteiger partial charge in [-0.25, -0.2) is 4.98 Å². The number of nitrogens with one attached hydrogen (secondary N) is 1. The Labute approximate surface area is 141 Å². The van der Waals surface area contributed by atoms with Crippen LogP contribution in [0.1, 0.15) is 18.5 Å². The average Bonchev–Trinajstić information content (AvgIpc) is 2.63. The number of benzene rings is 1. The molecule has 1 unspecified atom stereocenters. The van der Waals surface area contributed by atoms with Gasteiger partial charge in [-0.2, -0.15) is 0 Å². The molecular weight excluding hydrogens is 298 g/mol. The number of piperidine rings is 1. The molecule has 1 aliphatic rings. The number of likely N-dealkylation sites (tertiary alicyclic amines) is 1. The summed E-state index contributed by atoms with van der Waals surface area (Å²) in [7, 11) is 0. The van der Waals surface area contributed by atoms with E-state index in [-0.39, 0.29) is 0 Å². The van der Waals surface area contributed by atoms with Crippen molar-refractivity contribution in [1.82, 2.24) is 19.9 Å². The molecule has 3 aromatic rings. The summed E-state index contributed by atoms with van der Waals surface area (Å²) in [5, 5.41) is 3.55. The molecule has 1 N–H and O–H groups in total. The predicted octanol–water partition coefficient (Wildman–Crippen LogP) is 3.10. The Morgan fingerprint density at radius 3 is 2.79 bits per heavy atom. The fraction of sp³-hybridized carbons (Fsp3) is 0.316. The minimum absolute atomic E-state index is 0.401. The van der Waals surface area contributed by atoms with Crippen LogP contribution < -0.4 is 5.32 Å². The lowest BCUT2D eigenvalue weighted by molar-refractivity contribution is 0.206. The maximum atomic E-state index is 4.67. The molecule has 1 aliphatic heterocycles. The number of anilines is 1. The van der Waals surface area contributed by atoms with Gasteiger partial charge in [-0.3, -0.25) is 14.9 Å². The fourth-order valence-electron chi connectivity index (χ4n) is 3.27. The summed E-state index contributed by atoms with van der Waals surface area (Å²) in [6, 6.07) is 14.5. The number of para-hydroxylation sites is 2. The molecule has 3 heterocycles. The number of nitrogens with zero attached hydrogens (tertiary/aromatic N) is 4.